The van der Waals surface area contributed by atoms with Gasteiger partial charge in [-0.2, -0.15) is 0 Å². The number of benzene rings is 1. The van der Waals surface area contributed by atoms with Gasteiger partial charge in [0.2, 0.25) is 0 Å². The van der Waals surface area contributed by atoms with Gasteiger partial charge in [0.05, 0.1) is 0 Å². The lowest BCUT2D eigenvalue weighted by Gasteiger charge is -2.29. The van der Waals surface area contributed by atoms with E-state index in [0.717, 1.165) is 17.9 Å². The average molecular weight is 264 g/mol. The highest BCUT2D eigenvalue weighted by Crippen LogP contribution is 2.35. The van der Waals surface area contributed by atoms with E-state index in [0.29, 0.717) is 19.8 Å². The number of hydrogen-bond acceptors (Lipinski definition) is 4. The Bertz CT molecular complexity index is 432. The zero-order valence-corrected chi connectivity index (χ0v) is 12.0. The first-order valence-electron chi connectivity index (χ1n) is 6.82. The van der Waals surface area contributed by atoms with Gasteiger partial charge in [0.15, 0.2) is 11.5 Å². The molecule has 19 heavy (non-hydrogen) atoms. The Morgan fingerprint density at radius 3 is 2.58 bits per heavy atom. The van der Waals surface area contributed by atoms with E-state index in [2.05, 4.69) is 31.3 Å². The Hall–Kier alpha value is -1.26. The van der Waals surface area contributed by atoms with Crippen LogP contribution in [0.5, 0.6) is 11.5 Å². The van der Waals surface area contributed by atoms with Crippen molar-refractivity contribution in [3.8, 4) is 11.5 Å². The summed E-state index contributed by atoms with van der Waals surface area (Å²) in [6.45, 7) is 6.30. The van der Waals surface area contributed by atoms with E-state index in [4.69, 9.17) is 15.2 Å². The first-order chi connectivity index (χ1) is 9.05. The number of nitrogens with two attached hydrogens (primary N) is 1. The van der Waals surface area contributed by atoms with Crippen LogP contribution in [0, 0.1) is 5.41 Å². The fourth-order valence-electron chi connectivity index (χ4n) is 2.30. The van der Waals surface area contributed by atoms with Crippen LogP contribution in [0.15, 0.2) is 18.2 Å². The van der Waals surface area contributed by atoms with E-state index in [-0.39, 0.29) is 11.5 Å². The molecule has 1 aromatic rings. The van der Waals surface area contributed by atoms with Crippen molar-refractivity contribution in [3.05, 3.63) is 23.8 Å². The molecule has 0 fully saturated rings. The van der Waals surface area contributed by atoms with E-state index in [1.807, 2.05) is 13.1 Å². The lowest BCUT2D eigenvalue weighted by atomic mass is 9.83. The predicted molar refractivity (Wildman–Crippen MR) is 76.7 cm³/mol. The van der Waals surface area contributed by atoms with Crippen molar-refractivity contribution in [2.75, 3.05) is 26.8 Å². The van der Waals surface area contributed by atoms with Crippen LogP contribution in [0.25, 0.3) is 0 Å². The van der Waals surface area contributed by atoms with Crippen LogP contribution >= 0.6 is 0 Å². The summed E-state index contributed by atoms with van der Waals surface area (Å²) in [6, 6.07) is 6.43. The molecule has 0 spiro atoms. The van der Waals surface area contributed by atoms with Gasteiger partial charge in [-0.05, 0) is 43.1 Å². The molecule has 4 heteroatoms. The molecule has 0 saturated carbocycles. The Morgan fingerprint density at radius 2 is 1.95 bits per heavy atom. The van der Waals surface area contributed by atoms with Crippen molar-refractivity contribution in [2.45, 2.75) is 26.3 Å². The van der Waals surface area contributed by atoms with Gasteiger partial charge in [0, 0.05) is 6.04 Å². The predicted octanol–water partition coefficient (Wildman–Crippen LogP) is 2.09. The second-order valence-corrected chi connectivity index (χ2v) is 5.82. The average Bonchev–Trinajstić information content (AvgIpc) is 2.44. The maximum atomic E-state index is 5.83. The van der Waals surface area contributed by atoms with Crippen molar-refractivity contribution >= 4 is 0 Å². The minimum absolute atomic E-state index is 0.112. The van der Waals surface area contributed by atoms with Crippen molar-refractivity contribution < 1.29 is 9.47 Å². The molecule has 0 radical (unpaired) electrons. The summed E-state index contributed by atoms with van der Waals surface area (Å²) in [4.78, 5) is 0. The third-order valence-corrected chi connectivity index (χ3v) is 3.63. The zero-order valence-electron chi connectivity index (χ0n) is 12.0. The lowest BCUT2D eigenvalue weighted by Crippen LogP contribution is -2.30. The first-order valence-corrected chi connectivity index (χ1v) is 6.82. The smallest absolute Gasteiger partial charge is 0.161 e. The summed E-state index contributed by atoms with van der Waals surface area (Å²) in [6.07, 6.45) is 0.986. The molecule has 0 aliphatic carbocycles. The van der Waals surface area contributed by atoms with Crippen LogP contribution in [0.2, 0.25) is 0 Å². The van der Waals surface area contributed by atoms with Gasteiger partial charge < -0.3 is 20.5 Å². The van der Waals surface area contributed by atoms with Crippen molar-refractivity contribution in [1.29, 1.82) is 0 Å². The normalized spacial score (nSPS) is 16.2. The second-order valence-electron chi connectivity index (χ2n) is 5.82. The van der Waals surface area contributed by atoms with Crippen molar-refractivity contribution in [2.24, 2.45) is 11.1 Å². The van der Waals surface area contributed by atoms with E-state index in [1.165, 1.54) is 5.56 Å². The zero-order chi connectivity index (χ0) is 13.9. The van der Waals surface area contributed by atoms with E-state index >= 15 is 0 Å². The largest absolute Gasteiger partial charge is 0.486 e. The van der Waals surface area contributed by atoms with Crippen LogP contribution in [-0.4, -0.2) is 26.8 Å². The fraction of sp³-hybridized carbons (Fsp3) is 0.600. The number of nitrogens with one attached hydrogen (secondary N) is 1. The third kappa shape index (κ3) is 3.39. The Labute approximate surface area is 115 Å². The SMILES string of the molecule is CNC(CC(C)(C)CN)c1ccc2c(c1)OCCO2. The number of hydrogen-bond donors (Lipinski definition) is 2. The molecule has 0 bridgehead atoms. The number of fused-ring (bicyclic) bond motifs is 1. The number of rotatable bonds is 5. The number of ether oxygens (including phenoxy) is 2. The van der Waals surface area contributed by atoms with Crippen LogP contribution in [0.1, 0.15) is 31.9 Å². The van der Waals surface area contributed by atoms with Crippen LogP contribution in [0.4, 0.5) is 0 Å². The quantitative estimate of drug-likeness (QED) is 0.855. The molecule has 0 amide bonds. The monoisotopic (exact) mass is 264 g/mol. The Balaban J connectivity index is 2.19. The molecule has 1 atom stereocenters. The molecule has 1 aliphatic rings. The molecule has 0 saturated heterocycles. The minimum atomic E-state index is 0.112. The summed E-state index contributed by atoms with van der Waals surface area (Å²) >= 11 is 0. The summed E-state index contributed by atoms with van der Waals surface area (Å²) in [5.74, 6) is 1.68. The van der Waals surface area contributed by atoms with E-state index in [9.17, 15) is 0 Å². The van der Waals surface area contributed by atoms with Crippen molar-refractivity contribution in [1.82, 2.24) is 5.32 Å². The molecular weight excluding hydrogens is 240 g/mol. The molecule has 4 nitrogen and oxygen atoms in total. The van der Waals surface area contributed by atoms with Gasteiger partial charge in [-0.3, -0.25) is 0 Å². The molecule has 1 aromatic carbocycles. The van der Waals surface area contributed by atoms with E-state index < -0.39 is 0 Å². The fourth-order valence-corrected chi connectivity index (χ4v) is 2.30. The van der Waals surface area contributed by atoms with Gasteiger partial charge in [0.25, 0.3) is 0 Å². The highest BCUT2D eigenvalue weighted by Gasteiger charge is 2.23. The first kappa shape index (κ1) is 14.2. The van der Waals surface area contributed by atoms with Crippen molar-refractivity contribution in [3.63, 3.8) is 0 Å². The molecule has 3 N–H and O–H groups in total. The lowest BCUT2D eigenvalue weighted by molar-refractivity contribution is 0.171. The van der Waals surface area contributed by atoms with Crippen LogP contribution in [0.3, 0.4) is 0 Å². The standard InChI is InChI=1S/C15H24N2O2/c1-15(2,10-16)9-12(17-3)11-4-5-13-14(8-11)19-7-6-18-13/h4-5,8,12,17H,6-7,9-10,16H2,1-3H3. The maximum absolute atomic E-state index is 5.83. The molecule has 1 heterocycles. The molecule has 0 aromatic heterocycles. The molecule has 1 unspecified atom stereocenters. The molecule has 1 aliphatic heterocycles. The highest BCUT2D eigenvalue weighted by molar-refractivity contribution is 5.44. The van der Waals surface area contributed by atoms with Crippen LogP contribution in [-0.2, 0) is 0 Å². The third-order valence-electron chi connectivity index (χ3n) is 3.63. The maximum Gasteiger partial charge on any atom is 0.161 e. The molecule has 2 rings (SSSR count). The van der Waals surface area contributed by atoms with Gasteiger partial charge >= 0.3 is 0 Å². The van der Waals surface area contributed by atoms with Gasteiger partial charge in [0.1, 0.15) is 13.2 Å². The minimum Gasteiger partial charge on any atom is -0.486 e. The highest BCUT2D eigenvalue weighted by atomic mass is 16.6. The van der Waals surface area contributed by atoms with Gasteiger partial charge in [-0.15, -0.1) is 0 Å². The molecular formula is C15H24N2O2. The summed E-state index contributed by atoms with van der Waals surface area (Å²) < 4.78 is 11.2. The Morgan fingerprint density at radius 1 is 1.26 bits per heavy atom. The topological polar surface area (TPSA) is 56.5 Å². The van der Waals surface area contributed by atoms with Crippen LogP contribution < -0.4 is 20.5 Å². The summed E-state index contributed by atoms with van der Waals surface area (Å²) in [7, 11) is 1.98. The summed E-state index contributed by atoms with van der Waals surface area (Å²) in [5, 5.41) is 3.36. The second kappa shape index (κ2) is 5.80. The molecule has 106 valence electrons. The van der Waals surface area contributed by atoms with E-state index in [1.54, 1.807) is 0 Å². The Kier molecular flexibility index (Phi) is 4.32. The van der Waals surface area contributed by atoms with Gasteiger partial charge in [-0.25, -0.2) is 0 Å². The summed E-state index contributed by atoms with van der Waals surface area (Å²) in [5.41, 5.74) is 7.15. The van der Waals surface area contributed by atoms with Gasteiger partial charge in [-0.1, -0.05) is 19.9 Å².